The topological polar surface area (TPSA) is 115 Å². The number of hydrogen-bond donors (Lipinski definition) is 2. The molecule has 1 saturated heterocycles. The summed E-state index contributed by atoms with van der Waals surface area (Å²) in [5, 5.41) is 9.53. The maximum absolute atomic E-state index is 11.4. The number of nitrogens with one attached hydrogen (secondary N) is 1. The Bertz CT molecular complexity index is 1190. The van der Waals surface area contributed by atoms with Gasteiger partial charge in [0.25, 0.3) is 5.91 Å². The first-order valence-electron chi connectivity index (χ1n) is 10.9. The number of carbonyl (C=O) groups excluding carboxylic acids is 1. The van der Waals surface area contributed by atoms with Crippen LogP contribution < -0.4 is 24.6 Å². The van der Waals surface area contributed by atoms with Crippen molar-refractivity contribution < 1.29 is 28.9 Å². The molecule has 1 aliphatic heterocycles. The van der Waals surface area contributed by atoms with Crippen molar-refractivity contribution in [3.63, 3.8) is 0 Å². The molecule has 0 spiro atoms. The number of rotatable bonds is 7. The first-order valence-corrected chi connectivity index (χ1v) is 10.9. The number of carbonyl (C=O) groups is 1. The number of aromatic nitrogens is 2. The molecule has 0 bridgehead atoms. The number of nitrogens with zero attached hydrogens (tertiary/aromatic N) is 3. The maximum atomic E-state index is 11.4. The van der Waals surface area contributed by atoms with Gasteiger partial charge in [0, 0.05) is 30.8 Å². The van der Waals surface area contributed by atoms with Crippen molar-refractivity contribution in [3.05, 3.63) is 35.4 Å². The fourth-order valence-electron chi connectivity index (χ4n) is 4.07. The molecule has 0 unspecified atom stereocenters. The van der Waals surface area contributed by atoms with E-state index in [1.165, 1.54) is 0 Å². The zero-order chi connectivity index (χ0) is 24.2. The van der Waals surface area contributed by atoms with Crippen molar-refractivity contribution in [1.82, 2.24) is 15.4 Å². The summed E-state index contributed by atoms with van der Waals surface area (Å²) in [4.78, 5) is 23.4. The van der Waals surface area contributed by atoms with Gasteiger partial charge in [-0.1, -0.05) is 0 Å². The number of hydroxylamine groups is 1. The van der Waals surface area contributed by atoms with Gasteiger partial charge >= 0.3 is 0 Å². The molecule has 0 aliphatic carbocycles. The number of anilines is 1. The molecule has 0 saturated carbocycles. The number of methoxy groups -OCH3 is 2. The van der Waals surface area contributed by atoms with Gasteiger partial charge in [-0.2, -0.15) is 0 Å². The summed E-state index contributed by atoms with van der Waals surface area (Å²) in [5.74, 6) is 2.55. The summed E-state index contributed by atoms with van der Waals surface area (Å²) in [7, 11) is 3.22. The zero-order valence-corrected chi connectivity index (χ0v) is 19.7. The predicted octanol–water partition coefficient (Wildman–Crippen LogP) is 2.65. The molecule has 3 aromatic rings. The molecule has 1 fully saturated rings. The summed E-state index contributed by atoms with van der Waals surface area (Å²) in [6.07, 6.45) is 0. The van der Waals surface area contributed by atoms with Gasteiger partial charge < -0.3 is 23.8 Å². The molecular formula is C24H28N4O6. The molecular weight excluding hydrogens is 440 g/mol. The molecule has 2 aromatic carbocycles. The lowest BCUT2D eigenvalue weighted by molar-refractivity contribution is -0.131. The number of morpholine rings is 1. The third-order valence-corrected chi connectivity index (χ3v) is 5.67. The van der Waals surface area contributed by atoms with E-state index in [0.29, 0.717) is 54.9 Å². The van der Waals surface area contributed by atoms with E-state index in [-0.39, 0.29) is 6.61 Å². The molecule has 4 rings (SSSR count). The highest BCUT2D eigenvalue weighted by Crippen LogP contribution is 2.38. The number of amides is 1. The quantitative estimate of drug-likeness (QED) is 0.399. The lowest BCUT2D eigenvalue weighted by Gasteiger charge is -2.29. The molecule has 0 radical (unpaired) electrons. The van der Waals surface area contributed by atoms with Gasteiger partial charge in [0.05, 0.1) is 38.3 Å². The molecule has 10 nitrogen and oxygen atoms in total. The van der Waals surface area contributed by atoms with Crippen LogP contribution >= 0.6 is 0 Å². The zero-order valence-electron chi connectivity index (χ0n) is 19.7. The Morgan fingerprint density at radius 1 is 1.09 bits per heavy atom. The van der Waals surface area contributed by atoms with Crippen LogP contribution in [0.4, 0.5) is 5.82 Å². The fourth-order valence-corrected chi connectivity index (χ4v) is 4.07. The SMILES string of the molecule is COc1cc(OC)c2c(N3CCOCC3)nc(-c3cc(C)c(OCC(=O)NO)c(C)c3)nc2c1. The van der Waals surface area contributed by atoms with Crippen LogP contribution in [0, 0.1) is 13.8 Å². The third-order valence-electron chi connectivity index (χ3n) is 5.67. The Hall–Kier alpha value is -3.63. The molecule has 1 aromatic heterocycles. The Morgan fingerprint density at radius 2 is 1.79 bits per heavy atom. The summed E-state index contributed by atoms with van der Waals surface area (Å²) >= 11 is 0. The van der Waals surface area contributed by atoms with Crippen LogP contribution in [0.5, 0.6) is 17.2 Å². The van der Waals surface area contributed by atoms with Gasteiger partial charge in [0.2, 0.25) is 0 Å². The molecule has 0 atom stereocenters. The highest BCUT2D eigenvalue weighted by atomic mass is 16.5. The lowest BCUT2D eigenvalue weighted by atomic mass is 10.0. The van der Waals surface area contributed by atoms with E-state index in [9.17, 15) is 4.79 Å². The van der Waals surface area contributed by atoms with Gasteiger partial charge in [-0.05, 0) is 37.1 Å². The highest BCUT2D eigenvalue weighted by molar-refractivity contribution is 5.97. The van der Waals surface area contributed by atoms with Gasteiger partial charge in [-0.15, -0.1) is 0 Å². The van der Waals surface area contributed by atoms with Gasteiger partial charge in [-0.3, -0.25) is 10.0 Å². The van der Waals surface area contributed by atoms with Crippen molar-refractivity contribution in [1.29, 1.82) is 0 Å². The summed E-state index contributed by atoms with van der Waals surface area (Å²) in [6.45, 7) is 6.13. The first kappa shape index (κ1) is 23.5. The fraction of sp³-hybridized carbons (Fsp3) is 0.375. The summed E-state index contributed by atoms with van der Waals surface area (Å²) < 4.78 is 22.3. The van der Waals surface area contributed by atoms with Crippen LogP contribution in [0.1, 0.15) is 11.1 Å². The van der Waals surface area contributed by atoms with E-state index in [4.69, 9.17) is 34.1 Å². The highest BCUT2D eigenvalue weighted by Gasteiger charge is 2.22. The average molecular weight is 469 g/mol. The van der Waals surface area contributed by atoms with Crippen LogP contribution in [0.15, 0.2) is 24.3 Å². The van der Waals surface area contributed by atoms with Crippen molar-refractivity contribution in [2.24, 2.45) is 0 Å². The first-order chi connectivity index (χ1) is 16.4. The van der Waals surface area contributed by atoms with E-state index in [0.717, 1.165) is 27.9 Å². The van der Waals surface area contributed by atoms with Gasteiger partial charge in [-0.25, -0.2) is 15.4 Å². The Kier molecular flexibility index (Phi) is 6.99. The predicted molar refractivity (Wildman–Crippen MR) is 126 cm³/mol. The second kappa shape index (κ2) is 10.1. The monoisotopic (exact) mass is 468 g/mol. The second-order valence-electron chi connectivity index (χ2n) is 7.96. The second-order valence-corrected chi connectivity index (χ2v) is 7.96. The van der Waals surface area contributed by atoms with Crippen LogP contribution in [0.2, 0.25) is 0 Å². The van der Waals surface area contributed by atoms with Crippen molar-refractivity contribution in [2.45, 2.75) is 13.8 Å². The van der Waals surface area contributed by atoms with Crippen LogP contribution in [-0.2, 0) is 9.53 Å². The van der Waals surface area contributed by atoms with Crippen molar-refractivity contribution in [3.8, 4) is 28.6 Å². The Balaban J connectivity index is 1.85. The van der Waals surface area contributed by atoms with E-state index in [1.54, 1.807) is 19.7 Å². The minimum Gasteiger partial charge on any atom is -0.497 e. The van der Waals surface area contributed by atoms with E-state index >= 15 is 0 Å². The number of benzene rings is 2. The van der Waals surface area contributed by atoms with E-state index in [1.807, 2.05) is 38.1 Å². The van der Waals surface area contributed by atoms with Crippen molar-refractivity contribution >= 4 is 22.6 Å². The van der Waals surface area contributed by atoms with E-state index in [2.05, 4.69) is 4.90 Å². The minimum absolute atomic E-state index is 0.287. The summed E-state index contributed by atoms with van der Waals surface area (Å²) in [6, 6.07) is 7.54. The molecule has 10 heteroatoms. The molecule has 2 N–H and O–H groups in total. The average Bonchev–Trinajstić information content (AvgIpc) is 2.86. The number of ether oxygens (including phenoxy) is 4. The smallest absolute Gasteiger partial charge is 0.281 e. The Morgan fingerprint density at radius 3 is 2.41 bits per heavy atom. The van der Waals surface area contributed by atoms with Crippen LogP contribution in [0.3, 0.4) is 0 Å². The summed E-state index contributed by atoms with van der Waals surface area (Å²) in [5.41, 5.74) is 4.73. The Labute approximate surface area is 197 Å². The standard InChI is InChI=1S/C24H28N4O6/c1-14-9-16(10-15(2)22(14)34-13-20(29)27-30)23-25-18-11-17(31-3)12-19(32-4)21(18)24(26-23)28-5-7-33-8-6-28/h9-12,30H,5-8,13H2,1-4H3,(H,27,29). The molecule has 2 heterocycles. The van der Waals surface area contributed by atoms with Crippen LogP contribution in [-0.4, -0.2) is 68.2 Å². The van der Waals surface area contributed by atoms with E-state index < -0.39 is 5.91 Å². The number of fused-ring (bicyclic) bond motifs is 1. The van der Waals surface area contributed by atoms with Gasteiger partial charge in [0.15, 0.2) is 12.4 Å². The van der Waals surface area contributed by atoms with Crippen molar-refractivity contribution in [2.75, 3.05) is 52.0 Å². The molecule has 1 aliphatic rings. The lowest BCUT2D eigenvalue weighted by Crippen LogP contribution is -2.37. The minimum atomic E-state index is -0.626. The van der Waals surface area contributed by atoms with Gasteiger partial charge in [0.1, 0.15) is 23.1 Å². The maximum Gasteiger partial charge on any atom is 0.281 e. The molecule has 180 valence electrons. The number of hydrogen-bond acceptors (Lipinski definition) is 9. The van der Waals surface area contributed by atoms with Crippen LogP contribution in [0.25, 0.3) is 22.3 Å². The normalized spacial score (nSPS) is 13.6. The molecule has 1 amide bonds. The molecule has 34 heavy (non-hydrogen) atoms. The third kappa shape index (κ3) is 4.68. The number of aryl methyl sites for hydroxylation is 2. The largest absolute Gasteiger partial charge is 0.497 e.